The Balaban J connectivity index is 1.96. The van der Waals surface area contributed by atoms with E-state index in [-0.39, 0.29) is 0 Å². The predicted molar refractivity (Wildman–Crippen MR) is 63.9 cm³/mol. The molecule has 0 amide bonds. The van der Waals surface area contributed by atoms with Gasteiger partial charge in [-0.05, 0) is 31.7 Å². The molecule has 0 spiro atoms. The average Bonchev–Trinajstić information content (AvgIpc) is 2.75. The van der Waals surface area contributed by atoms with E-state index >= 15 is 0 Å². The van der Waals surface area contributed by atoms with Crippen molar-refractivity contribution in [3.8, 4) is 0 Å². The quantitative estimate of drug-likeness (QED) is 0.632. The van der Waals surface area contributed by atoms with Gasteiger partial charge in [-0.1, -0.05) is 20.3 Å². The number of hydrogen-bond donors (Lipinski definition) is 2. The first kappa shape index (κ1) is 12.9. The highest BCUT2D eigenvalue weighted by atomic mass is 16.5. The Labute approximate surface area is 93.8 Å². The van der Waals surface area contributed by atoms with E-state index in [9.17, 15) is 0 Å². The third kappa shape index (κ3) is 4.96. The summed E-state index contributed by atoms with van der Waals surface area (Å²) in [5, 5.41) is 3.42. The zero-order valence-electron chi connectivity index (χ0n) is 10.2. The van der Waals surface area contributed by atoms with E-state index < -0.39 is 0 Å². The van der Waals surface area contributed by atoms with Crippen LogP contribution in [0.3, 0.4) is 0 Å². The van der Waals surface area contributed by atoms with E-state index in [1.54, 1.807) is 0 Å². The maximum absolute atomic E-state index is 6.03. The first-order valence-corrected chi connectivity index (χ1v) is 6.32. The molecule has 15 heavy (non-hydrogen) atoms. The molecular weight excluding hydrogens is 188 g/mol. The molecular formula is C12H26N2O. The van der Waals surface area contributed by atoms with Crippen LogP contribution in [0.4, 0.5) is 0 Å². The highest BCUT2D eigenvalue weighted by molar-refractivity contribution is 4.72. The van der Waals surface area contributed by atoms with Crippen LogP contribution in [0.15, 0.2) is 0 Å². The molecule has 3 atom stereocenters. The van der Waals surface area contributed by atoms with Crippen LogP contribution < -0.4 is 11.1 Å². The lowest BCUT2D eigenvalue weighted by molar-refractivity contribution is 0.104. The molecule has 0 aromatic carbocycles. The third-order valence-electron chi connectivity index (χ3n) is 3.42. The predicted octanol–water partition coefficient (Wildman–Crippen LogP) is 1.52. The summed E-state index contributed by atoms with van der Waals surface area (Å²) < 4.78 is 5.56. The molecule has 0 aromatic rings. The van der Waals surface area contributed by atoms with Gasteiger partial charge in [0.2, 0.25) is 0 Å². The fourth-order valence-electron chi connectivity index (χ4n) is 1.91. The van der Waals surface area contributed by atoms with Crippen LogP contribution in [-0.2, 0) is 4.74 Å². The minimum atomic E-state index is 0.291. The van der Waals surface area contributed by atoms with Crippen molar-refractivity contribution in [2.24, 2.45) is 11.7 Å². The molecule has 1 fully saturated rings. The zero-order chi connectivity index (χ0) is 11.1. The summed E-state index contributed by atoms with van der Waals surface area (Å²) in [7, 11) is 0. The molecule has 0 saturated carbocycles. The summed E-state index contributed by atoms with van der Waals surface area (Å²) in [4.78, 5) is 0. The summed E-state index contributed by atoms with van der Waals surface area (Å²) in [6.07, 6.45) is 5.26. The lowest BCUT2D eigenvalue weighted by Crippen LogP contribution is -2.39. The maximum Gasteiger partial charge on any atom is 0.0588 e. The standard InChI is InChI=1S/C12H26N2O/c1-3-10(2)12(13)9-14-7-6-11-5-4-8-15-11/h10-12,14H,3-9,13H2,1-2H3. The van der Waals surface area contributed by atoms with Crippen LogP contribution >= 0.6 is 0 Å². The van der Waals surface area contributed by atoms with E-state index in [0.29, 0.717) is 18.1 Å². The average molecular weight is 214 g/mol. The lowest BCUT2D eigenvalue weighted by Gasteiger charge is -2.19. The van der Waals surface area contributed by atoms with Crippen LogP contribution in [-0.4, -0.2) is 31.8 Å². The van der Waals surface area contributed by atoms with Crippen LogP contribution in [0.25, 0.3) is 0 Å². The molecule has 1 heterocycles. The summed E-state index contributed by atoms with van der Waals surface area (Å²) in [5.74, 6) is 0.611. The minimum Gasteiger partial charge on any atom is -0.378 e. The Morgan fingerprint density at radius 3 is 2.93 bits per heavy atom. The summed E-state index contributed by atoms with van der Waals surface area (Å²) in [5.41, 5.74) is 6.03. The van der Waals surface area contributed by atoms with E-state index in [4.69, 9.17) is 10.5 Å². The van der Waals surface area contributed by atoms with E-state index in [2.05, 4.69) is 19.2 Å². The number of nitrogens with two attached hydrogens (primary N) is 1. The van der Waals surface area contributed by atoms with Crippen LogP contribution in [0.2, 0.25) is 0 Å². The van der Waals surface area contributed by atoms with Crippen molar-refractivity contribution in [1.82, 2.24) is 5.32 Å². The fraction of sp³-hybridized carbons (Fsp3) is 1.00. The van der Waals surface area contributed by atoms with Crippen molar-refractivity contribution in [1.29, 1.82) is 0 Å². The molecule has 3 unspecified atom stereocenters. The van der Waals surface area contributed by atoms with Gasteiger partial charge in [0.05, 0.1) is 6.10 Å². The van der Waals surface area contributed by atoms with Gasteiger partial charge in [-0.25, -0.2) is 0 Å². The molecule has 0 aromatic heterocycles. The van der Waals surface area contributed by atoms with Gasteiger partial charge in [0.1, 0.15) is 0 Å². The molecule has 0 aliphatic carbocycles. The summed E-state index contributed by atoms with van der Waals surface area (Å²) >= 11 is 0. The second-order valence-corrected chi connectivity index (χ2v) is 4.68. The van der Waals surface area contributed by atoms with Crippen molar-refractivity contribution in [2.45, 2.75) is 51.7 Å². The second-order valence-electron chi connectivity index (χ2n) is 4.68. The number of rotatable bonds is 7. The van der Waals surface area contributed by atoms with Gasteiger partial charge in [-0.2, -0.15) is 0 Å². The van der Waals surface area contributed by atoms with Gasteiger partial charge >= 0.3 is 0 Å². The van der Waals surface area contributed by atoms with Crippen molar-refractivity contribution in [3.63, 3.8) is 0 Å². The molecule has 1 aliphatic heterocycles. The van der Waals surface area contributed by atoms with Crippen molar-refractivity contribution >= 4 is 0 Å². The first-order valence-electron chi connectivity index (χ1n) is 6.32. The van der Waals surface area contributed by atoms with Crippen LogP contribution in [0.1, 0.15) is 39.5 Å². The SMILES string of the molecule is CCC(C)C(N)CNCCC1CCCO1. The van der Waals surface area contributed by atoms with E-state index in [1.807, 2.05) is 0 Å². The van der Waals surface area contributed by atoms with Gasteiger partial charge in [-0.15, -0.1) is 0 Å². The number of nitrogens with one attached hydrogen (secondary N) is 1. The van der Waals surface area contributed by atoms with Gasteiger partial charge in [0, 0.05) is 19.2 Å². The molecule has 3 N–H and O–H groups in total. The molecule has 90 valence electrons. The zero-order valence-corrected chi connectivity index (χ0v) is 10.2. The monoisotopic (exact) mass is 214 g/mol. The van der Waals surface area contributed by atoms with Gasteiger partial charge in [0.15, 0.2) is 0 Å². The van der Waals surface area contributed by atoms with E-state index in [0.717, 1.165) is 32.5 Å². The van der Waals surface area contributed by atoms with E-state index in [1.165, 1.54) is 12.8 Å². The molecule has 0 bridgehead atoms. The van der Waals surface area contributed by atoms with Gasteiger partial charge in [-0.3, -0.25) is 0 Å². The normalized spacial score (nSPS) is 25.4. The topological polar surface area (TPSA) is 47.3 Å². The summed E-state index contributed by atoms with van der Waals surface area (Å²) in [6, 6.07) is 0.291. The van der Waals surface area contributed by atoms with Crippen LogP contribution in [0.5, 0.6) is 0 Å². The maximum atomic E-state index is 6.03. The first-order chi connectivity index (χ1) is 7.24. The highest BCUT2D eigenvalue weighted by Crippen LogP contribution is 2.14. The Hall–Kier alpha value is -0.120. The number of hydrogen-bond acceptors (Lipinski definition) is 3. The Kier molecular flexibility index (Phi) is 6.22. The highest BCUT2D eigenvalue weighted by Gasteiger charge is 2.15. The molecule has 1 aliphatic rings. The van der Waals surface area contributed by atoms with Crippen molar-refractivity contribution in [2.75, 3.05) is 19.7 Å². The summed E-state index contributed by atoms with van der Waals surface area (Å²) in [6.45, 7) is 7.33. The Morgan fingerprint density at radius 2 is 2.33 bits per heavy atom. The minimum absolute atomic E-state index is 0.291. The third-order valence-corrected chi connectivity index (χ3v) is 3.42. The van der Waals surface area contributed by atoms with Crippen molar-refractivity contribution in [3.05, 3.63) is 0 Å². The number of ether oxygens (including phenoxy) is 1. The second kappa shape index (κ2) is 7.20. The smallest absolute Gasteiger partial charge is 0.0588 e. The van der Waals surface area contributed by atoms with Crippen LogP contribution in [0, 0.1) is 5.92 Å². The molecule has 0 radical (unpaired) electrons. The molecule has 1 saturated heterocycles. The fourth-order valence-corrected chi connectivity index (χ4v) is 1.91. The Bertz CT molecular complexity index is 158. The molecule has 3 nitrogen and oxygen atoms in total. The van der Waals surface area contributed by atoms with Crippen molar-refractivity contribution < 1.29 is 4.74 Å². The van der Waals surface area contributed by atoms with Gasteiger partial charge in [0.25, 0.3) is 0 Å². The van der Waals surface area contributed by atoms with Gasteiger partial charge < -0.3 is 15.8 Å². The Morgan fingerprint density at radius 1 is 1.53 bits per heavy atom. The lowest BCUT2D eigenvalue weighted by atomic mass is 10.0. The molecule has 3 heteroatoms. The largest absolute Gasteiger partial charge is 0.378 e. The molecule has 1 rings (SSSR count).